The first kappa shape index (κ1) is 18.8. The van der Waals surface area contributed by atoms with Crippen molar-refractivity contribution in [3.8, 4) is 0 Å². The highest BCUT2D eigenvalue weighted by molar-refractivity contribution is 7.99. The van der Waals surface area contributed by atoms with E-state index >= 15 is 0 Å². The summed E-state index contributed by atoms with van der Waals surface area (Å²) in [6.07, 6.45) is 8.81. The molecular weight excluding hydrogens is 318 g/mol. The van der Waals surface area contributed by atoms with Gasteiger partial charge in [0, 0.05) is 28.4 Å². The largest absolute Gasteiger partial charge is 0.465 e. The van der Waals surface area contributed by atoms with E-state index in [4.69, 9.17) is 4.74 Å². The van der Waals surface area contributed by atoms with E-state index in [9.17, 15) is 4.79 Å². The van der Waals surface area contributed by atoms with Gasteiger partial charge >= 0.3 is 5.97 Å². The molecule has 1 aromatic heterocycles. The van der Waals surface area contributed by atoms with Crippen molar-refractivity contribution in [2.75, 3.05) is 12.4 Å². The number of rotatable bonds is 10. The minimum absolute atomic E-state index is 0.0920. The summed E-state index contributed by atoms with van der Waals surface area (Å²) in [7, 11) is 0. The van der Waals surface area contributed by atoms with Crippen LogP contribution in [0.1, 0.15) is 46.0 Å². The van der Waals surface area contributed by atoms with Gasteiger partial charge in [-0.1, -0.05) is 57.4 Å². The van der Waals surface area contributed by atoms with Gasteiger partial charge in [0.2, 0.25) is 0 Å². The van der Waals surface area contributed by atoms with Crippen LogP contribution >= 0.6 is 11.8 Å². The highest BCUT2D eigenvalue weighted by Gasteiger charge is 2.10. The zero-order chi connectivity index (χ0) is 17.2. The Bertz CT molecular complexity index is 639. The Morgan fingerprint density at radius 3 is 2.88 bits per heavy atom. The van der Waals surface area contributed by atoms with E-state index in [1.807, 2.05) is 24.5 Å². The molecule has 0 aliphatic carbocycles. The van der Waals surface area contributed by atoms with E-state index in [1.54, 1.807) is 11.8 Å². The Kier molecular flexibility index (Phi) is 8.10. The molecule has 0 radical (unpaired) electrons. The number of fused-ring (bicyclic) bond motifs is 1. The molecule has 1 heterocycles. The van der Waals surface area contributed by atoms with E-state index < -0.39 is 0 Å². The molecule has 1 atom stereocenters. The lowest BCUT2D eigenvalue weighted by Crippen LogP contribution is -2.14. The molecule has 4 heteroatoms. The number of thioether (sulfide) groups is 1. The summed E-state index contributed by atoms with van der Waals surface area (Å²) in [6, 6.07) is 8.19. The van der Waals surface area contributed by atoms with Crippen LogP contribution in [0, 0.1) is 5.92 Å². The fourth-order valence-electron chi connectivity index (χ4n) is 2.63. The lowest BCUT2D eigenvalue weighted by atomic mass is 10.0. The van der Waals surface area contributed by atoms with Gasteiger partial charge in [0.15, 0.2) is 0 Å². The van der Waals surface area contributed by atoms with Gasteiger partial charge < -0.3 is 4.74 Å². The molecule has 2 aromatic rings. The van der Waals surface area contributed by atoms with Crippen molar-refractivity contribution in [3.63, 3.8) is 0 Å². The minimum Gasteiger partial charge on any atom is -0.465 e. The SMILES string of the molecule is CCCCC(CC)COC(=O)CCSc1cncc2ccccc12. The number of hydrogen-bond donors (Lipinski definition) is 0. The third kappa shape index (κ3) is 5.82. The third-order valence-corrected chi connectivity index (χ3v) is 5.26. The molecule has 2 rings (SSSR count). The number of unbranched alkanes of at least 4 members (excludes halogenated alkanes) is 1. The molecule has 0 bridgehead atoms. The van der Waals surface area contributed by atoms with E-state index in [1.165, 1.54) is 18.2 Å². The molecule has 1 unspecified atom stereocenters. The molecule has 0 spiro atoms. The smallest absolute Gasteiger partial charge is 0.306 e. The van der Waals surface area contributed by atoms with Crippen molar-refractivity contribution in [1.29, 1.82) is 0 Å². The Balaban J connectivity index is 1.76. The van der Waals surface area contributed by atoms with Crippen LogP contribution in [0.2, 0.25) is 0 Å². The van der Waals surface area contributed by atoms with Gasteiger partial charge in [0.25, 0.3) is 0 Å². The molecule has 24 heavy (non-hydrogen) atoms. The number of nitrogens with zero attached hydrogens (tertiary/aromatic N) is 1. The maximum absolute atomic E-state index is 11.9. The van der Waals surface area contributed by atoms with Crippen molar-refractivity contribution >= 4 is 28.5 Å². The standard InChI is InChI=1S/C20H27NO2S/c1-3-5-8-16(4-2)15-23-20(22)11-12-24-19-14-21-13-17-9-6-7-10-18(17)19/h6-7,9-10,13-14,16H,3-5,8,11-12,15H2,1-2H3. The van der Waals surface area contributed by atoms with E-state index in [2.05, 4.69) is 31.0 Å². The fraction of sp³-hybridized carbons (Fsp3) is 0.500. The predicted octanol–water partition coefficient (Wildman–Crippen LogP) is 5.48. The second kappa shape index (κ2) is 10.3. The maximum Gasteiger partial charge on any atom is 0.306 e. The van der Waals surface area contributed by atoms with Crippen LogP contribution in [0.5, 0.6) is 0 Å². The molecule has 130 valence electrons. The number of pyridine rings is 1. The van der Waals surface area contributed by atoms with Gasteiger partial charge in [0.05, 0.1) is 13.0 Å². The highest BCUT2D eigenvalue weighted by atomic mass is 32.2. The zero-order valence-electron chi connectivity index (χ0n) is 14.7. The molecular formula is C20H27NO2S. The third-order valence-electron chi connectivity index (χ3n) is 4.22. The first-order valence-corrected chi connectivity index (χ1v) is 9.84. The lowest BCUT2D eigenvalue weighted by Gasteiger charge is -2.14. The molecule has 0 amide bonds. The predicted molar refractivity (Wildman–Crippen MR) is 101 cm³/mol. The summed E-state index contributed by atoms with van der Waals surface area (Å²) in [5.41, 5.74) is 0. The van der Waals surface area contributed by atoms with Crippen LogP contribution in [-0.2, 0) is 9.53 Å². The Labute approximate surface area is 149 Å². The number of benzene rings is 1. The van der Waals surface area contributed by atoms with Crippen LogP contribution in [0.3, 0.4) is 0 Å². The topological polar surface area (TPSA) is 39.2 Å². The fourth-order valence-corrected chi connectivity index (χ4v) is 3.59. The number of carbonyl (C=O) groups excluding carboxylic acids is 1. The number of esters is 1. The van der Waals surface area contributed by atoms with Gasteiger partial charge in [-0.05, 0) is 17.7 Å². The average Bonchev–Trinajstić information content (AvgIpc) is 2.62. The van der Waals surface area contributed by atoms with Crippen LogP contribution in [0.25, 0.3) is 10.8 Å². The normalized spacial score (nSPS) is 12.2. The molecule has 0 fully saturated rings. The van der Waals surface area contributed by atoms with Gasteiger partial charge in [0.1, 0.15) is 0 Å². The van der Waals surface area contributed by atoms with Crippen LogP contribution in [-0.4, -0.2) is 23.3 Å². The van der Waals surface area contributed by atoms with E-state index in [0.29, 0.717) is 18.9 Å². The monoisotopic (exact) mass is 345 g/mol. The summed E-state index contributed by atoms with van der Waals surface area (Å²) >= 11 is 1.67. The van der Waals surface area contributed by atoms with Crippen molar-refractivity contribution in [3.05, 3.63) is 36.7 Å². The molecule has 0 N–H and O–H groups in total. The molecule has 0 aliphatic rings. The van der Waals surface area contributed by atoms with Gasteiger partial charge in [-0.3, -0.25) is 9.78 Å². The molecule has 0 aliphatic heterocycles. The summed E-state index contributed by atoms with van der Waals surface area (Å²) in [5, 5.41) is 2.32. The second-order valence-electron chi connectivity index (χ2n) is 6.06. The first-order valence-electron chi connectivity index (χ1n) is 8.85. The Morgan fingerprint density at radius 2 is 2.08 bits per heavy atom. The summed E-state index contributed by atoms with van der Waals surface area (Å²) in [4.78, 5) is 17.3. The maximum atomic E-state index is 11.9. The highest BCUT2D eigenvalue weighted by Crippen LogP contribution is 2.27. The number of hydrogen-bond acceptors (Lipinski definition) is 4. The number of ether oxygens (including phenoxy) is 1. The zero-order valence-corrected chi connectivity index (χ0v) is 15.5. The second-order valence-corrected chi connectivity index (χ2v) is 7.19. The van der Waals surface area contributed by atoms with Gasteiger partial charge in [-0.2, -0.15) is 0 Å². The van der Waals surface area contributed by atoms with Crippen molar-refractivity contribution < 1.29 is 9.53 Å². The average molecular weight is 346 g/mol. The van der Waals surface area contributed by atoms with Crippen LogP contribution < -0.4 is 0 Å². The quantitative estimate of drug-likeness (QED) is 0.422. The molecule has 0 saturated carbocycles. The van der Waals surface area contributed by atoms with Crippen molar-refractivity contribution in [2.24, 2.45) is 5.92 Å². The van der Waals surface area contributed by atoms with Crippen molar-refractivity contribution in [2.45, 2.75) is 50.8 Å². The Hall–Kier alpha value is -1.55. The number of aromatic nitrogens is 1. The first-order chi connectivity index (χ1) is 11.7. The van der Waals surface area contributed by atoms with Crippen LogP contribution in [0.4, 0.5) is 0 Å². The lowest BCUT2D eigenvalue weighted by molar-refractivity contribution is -0.144. The van der Waals surface area contributed by atoms with E-state index in [0.717, 1.165) is 28.9 Å². The molecule has 3 nitrogen and oxygen atoms in total. The van der Waals surface area contributed by atoms with Gasteiger partial charge in [-0.15, -0.1) is 11.8 Å². The van der Waals surface area contributed by atoms with Gasteiger partial charge in [-0.25, -0.2) is 0 Å². The summed E-state index contributed by atoms with van der Waals surface area (Å²) in [5.74, 6) is 1.13. The minimum atomic E-state index is -0.0920. The Morgan fingerprint density at radius 1 is 1.25 bits per heavy atom. The molecule has 0 saturated heterocycles. The van der Waals surface area contributed by atoms with Crippen molar-refractivity contribution in [1.82, 2.24) is 4.98 Å². The van der Waals surface area contributed by atoms with Crippen LogP contribution in [0.15, 0.2) is 41.6 Å². The summed E-state index contributed by atoms with van der Waals surface area (Å²) < 4.78 is 5.45. The number of carbonyl (C=O) groups is 1. The van der Waals surface area contributed by atoms with E-state index in [-0.39, 0.29) is 5.97 Å². The molecule has 1 aromatic carbocycles. The summed E-state index contributed by atoms with van der Waals surface area (Å²) in [6.45, 7) is 4.92.